The number of hydrogen-bond acceptors (Lipinski definition) is 3. The number of nitrogens with zero attached hydrogens (tertiary/aromatic N) is 4. The Morgan fingerprint density at radius 2 is 2.20 bits per heavy atom. The molecular formula is C16H20N4. The Kier molecular flexibility index (Phi) is 3.65. The maximum Gasteiger partial charge on any atom is 0.137 e. The molecule has 4 nitrogen and oxygen atoms in total. The molecule has 0 spiro atoms. The fourth-order valence-electron chi connectivity index (χ4n) is 2.62. The molecule has 0 saturated heterocycles. The van der Waals surface area contributed by atoms with Crippen molar-refractivity contribution in [1.82, 2.24) is 19.7 Å². The van der Waals surface area contributed by atoms with Crippen LogP contribution in [0.25, 0.3) is 5.57 Å². The average molecular weight is 268 g/mol. The van der Waals surface area contributed by atoms with Crippen molar-refractivity contribution in [3.05, 3.63) is 53.6 Å². The van der Waals surface area contributed by atoms with Crippen molar-refractivity contribution in [2.75, 3.05) is 20.6 Å². The van der Waals surface area contributed by atoms with Gasteiger partial charge in [-0.15, -0.1) is 0 Å². The molecule has 1 aliphatic carbocycles. The van der Waals surface area contributed by atoms with E-state index >= 15 is 0 Å². The van der Waals surface area contributed by atoms with E-state index in [2.05, 4.69) is 53.4 Å². The Bertz CT molecular complexity index is 611. The summed E-state index contributed by atoms with van der Waals surface area (Å²) in [4.78, 5) is 6.22. The topological polar surface area (TPSA) is 34.0 Å². The lowest BCUT2D eigenvalue weighted by atomic mass is 10.0. The average Bonchev–Trinajstić information content (AvgIpc) is 3.05. The molecule has 20 heavy (non-hydrogen) atoms. The number of fused-ring (bicyclic) bond motifs is 1. The quantitative estimate of drug-likeness (QED) is 0.834. The zero-order valence-corrected chi connectivity index (χ0v) is 12.1. The molecule has 104 valence electrons. The minimum absolute atomic E-state index is 0.786. The number of allylic oxidation sites excluding steroid dienone is 1. The van der Waals surface area contributed by atoms with Crippen LogP contribution in [0.1, 0.15) is 23.1 Å². The van der Waals surface area contributed by atoms with Crippen LogP contribution in [0.5, 0.6) is 0 Å². The Hall–Kier alpha value is -1.94. The summed E-state index contributed by atoms with van der Waals surface area (Å²) in [5, 5.41) is 4.17. The number of aromatic nitrogens is 3. The molecule has 1 aromatic heterocycles. The SMILES string of the molecule is CN(C)CCC1=CCc2ccc(Cn3cncn3)cc21. The Morgan fingerprint density at radius 1 is 1.30 bits per heavy atom. The molecule has 0 saturated carbocycles. The van der Waals surface area contributed by atoms with E-state index in [0.29, 0.717) is 0 Å². The lowest BCUT2D eigenvalue weighted by molar-refractivity contribution is 0.419. The fraction of sp³-hybridized carbons (Fsp3) is 0.375. The van der Waals surface area contributed by atoms with Crippen LogP contribution in [-0.2, 0) is 13.0 Å². The lowest BCUT2D eigenvalue weighted by Crippen LogP contribution is -2.13. The molecule has 3 rings (SSSR count). The highest BCUT2D eigenvalue weighted by molar-refractivity contribution is 5.73. The fourth-order valence-corrected chi connectivity index (χ4v) is 2.62. The Morgan fingerprint density at radius 3 is 2.95 bits per heavy atom. The van der Waals surface area contributed by atoms with Gasteiger partial charge in [-0.05, 0) is 55.3 Å². The highest BCUT2D eigenvalue weighted by Gasteiger charge is 2.14. The van der Waals surface area contributed by atoms with Gasteiger partial charge in [0.2, 0.25) is 0 Å². The van der Waals surface area contributed by atoms with E-state index in [4.69, 9.17) is 0 Å². The monoisotopic (exact) mass is 268 g/mol. The molecule has 0 bridgehead atoms. The minimum Gasteiger partial charge on any atom is -0.309 e. The maximum atomic E-state index is 4.17. The van der Waals surface area contributed by atoms with E-state index in [9.17, 15) is 0 Å². The van der Waals surface area contributed by atoms with Crippen LogP contribution in [0.4, 0.5) is 0 Å². The van der Waals surface area contributed by atoms with Gasteiger partial charge in [0.05, 0.1) is 6.54 Å². The summed E-state index contributed by atoms with van der Waals surface area (Å²) in [6.07, 6.45) is 7.90. The van der Waals surface area contributed by atoms with Crippen LogP contribution in [0.3, 0.4) is 0 Å². The summed E-state index contributed by atoms with van der Waals surface area (Å²) < 4.78 is 1.86. The number of hydrogen-bond donors (Lipinski definition) is 0. The van der Waals surface area contributed by atoms with Crippen LogP contribution in [0.2, 0.25) is 0 Å². The molecule has 0 radical (unpaired) electrons. The zero-order chi connectivity index (χ0) is 13.9. The third-order valence-corrected chi connectivity index (χ3v) is 3.73. The van der Waals surface area contributed by atoms with Crippen molar-refractivity contribution in [2.45, 2.75) is 19.4 Å². The molecule has 0 aliphatic heterocycles. The summed E-state index contributed by atoms with van der Waals surface area (Å²) in [6.45, 7) is 1.88. The van der Waals surface area contributed by atoms with E-state index in [1.54, 1.807) is 12.7 Å². The number of benzene rings is 1. The van der Waals surface area contributed by atoms with Crippen LogP contribution in [-0.4, -0.2) is 40.3 Å². The molecule has 0 amide bonds. The van der Waals surface area contributed by atoms with Crippen molar-refractivity contribution in [1.29, 1.82) is 0 Å². The zero-order valence-electron chi connectivity index (χ0n) is 12.1. The Balaban J connectivity index is 1.78. The maximum absolute atomic E-state index is 4.17. The highest BCUT2D eigenvalue weighted by atomic mass is 15.3. The van der Waals surface area contributed by atoms with Gasteiger partial charge in [-0.25, -0.2) is 9.67 Å². The van der Waals surface area contributed by atoms with Gasteiger partial charge >= 0.3 is 0 Å². The van der Waals surface area contributed by atoms with Crippen molar-refractivity contribution in [3.8, 4) is 0 Å². The van der Waals surface area contributed by atoms with Gasteiger partial charge in [-0.2, -0.15) is 5.10 Å². The Labute approximate surface area is 119 Å². The second-order valence-electron chi connectivity index (χ2n) is 5.57. The van der Waals surface area contributed by atoms with E-state index in [1.165, 1.54) is 22.3 Å². The molecule has 0 fully saturated rings. The first kappa shape index (κ1) is 13.1. The highest BCUT2D eigenvalue weighted by Crippen LogP contribution is 2.30. The van der Waals surface area contributed by atoms with Gasteiger partial charge in [-0.3, -0.25) is 0 Å². The molecule has 0 unspecified atom stereocenters. The van der Waals surface area contributed by atoms with E-state index < -0.39 is 0 Å². The predicted octanol–water partition coefficient (Wildman–Crippen LogP) is 2.22. The van der Waals surface area contributed by atoms with Gasteiger partial charge in [0.15, 0.2) is 0 Å². The summed E-state index contributed by atoms with van der Waals surface area (Å²) >= 11 is 0. The molecule has 0 atom stereocenters. The van der Waals surface area contributed by atoms with Crippen molar-refractivity contribution < 1.29 is 0 Å². The first-order valence-corrected chi connectivity index (χ1v) is 7.01. The van der Waals surface area contributed by atoms with E-state index in [1.807, 2.05) is 4.68 Å². The second-order valence-corrected chi connectivity index (χ2v) is 5.57. The van der Waals surface area contributed by atoms with E-state index in [0.717, 1.165) is 25.9 Å². The smallest absolute Gasteiger partial charge is 0.137 e. The largest absolute Gasteiger partial charge is 0.309 e. The first-order chi connectivity index (χ1) is 9.72. The van der Waals surface area contributed by atoms with Crippen molar-refractivity contribution in [3.63, 3.8) is 0 Å². The molecule has 1 heterocycles. The summed E-state index contributed by atoms with van der Waals surface area (Å²) in [5.41, 5.74) is 5.63. The molecule has 1 aliphatic rings. The van der Waals surface area contributed by atoms with E-state index in [-0.39, 0.29) is 0 Å². The molecule has 4 heteroatoms. The summed E-state index contributed by atoms with van der Waals surface area (Å²) in [5.74, 6) is 0. The predicted molar refractivity (Wildman–Crippen MR) is 80.4 cm³/mol. The van der Waals surface area contributed by atoms with Crippen LogP contribution < -0.4 is 0 Å². The molecular weight excluding hydrogens is 248 g/mol. The second kappa shape index (κ2) is 5.59. The van der Waals surface area contributed by atoms with Crippen LogP contribution in [0.15, 0.2) is 36.9 Å². The van der Waals surface area contributed by atoms with Gasteiger partial charge < -0.3 is 4.90 Å². The summed E-state index contributed by atoms with van der Waals surface area (Å²) in [7, 11) is 4.25. The normalized spacial score (nSPS) is 13.7. The molecule has 2 aromatic rings. The first-order valence-electron chi connectivity index (χ1n) is 7.01. The summed E-state index contributed by atoms with van der Waals surface area (Å²) in [6, 6.07) is 6.76. The van der Waals surface area contributed by atoms with Crippen molar-refractivity contribution >= 4 is 5.57 Å². The van der Waals surface area contributed by atoms with Gasteiger partial charge in [0, 0.05) is 6.54 Å². The molecule has 0 N–H and O–H groups in total. The lowest BCUT2D eigenvalue weighted by Gasteiger charge is -2.12. The van der Waals surface area contributed by atoms with Crippen LogP contribution in [0, 0.1) is 0 Å². The van der Waals surface area contributed by atoms with Gasteiger partial charge in [0.25, 0.3) is 0 Å². The van der Waals surface area contributed by atoms with Crippen molar-refractivity contribution in [2.24, 2.45) is 0 Å². The van der Waals surface area contributed by atoms with Gasteiger partial charge in [0.1, 0.15) is 12.7 Å². The number of rotatable bonds is 5. The third-order valence-electron chi connectivity index (χ3n) is 3.73. The minimum atomic E-state index is 0.786. The third kappa shape index (κ3) is 2.80. The standard InChI is InChI=1S/C16H20N4/c1-19(2)8-7-15-6-5-14-4-3-13(9-16(14)15)10-20-12-17-11-18-20/h3-4,6,9,11-12H,5,7-8,10H2,1-2H3. The van der Waals surface area contributed by atoms with Crippen LogP contribution >= 0.6 is 0 Å². The molecule has 1 aromatic carbocycles. The van der Waals surface area contributed by atoms with Gasteiger partial charge in [-0.1, -0.05) is 18.2 Å².